The van der Waals surface area contributed by atoms with Gasteiger partial charge in [0.2, 0.25) is 0 Å². The second-order valence-corrected chi connectivity index (χ2v) is 8.20. The van der Waals surface area contributed by atoms with E-state index in [2.05, 4.69) is 25.3 Å². The third-order valence-corrected chi connectivity index (χ3v) is 5.65. The van der Waals surface area contributed by atoms with Crippen LogP contribution in [0.3, 0.4) is 0 Å². The van der Waals surface area contributed by atoms with Gasteiger partial charge in [-0.1, -0.05) is 24.3 Å². The number of carbonyl (C=O) groups is 2. The molecule has 0 amide bonds. The van der Waals surface area contributed by atoms with Crippen molar-refractivity contribution in [3.8, 4) is 5.75 Å². The average Bonchev–Trinajstić information content (AvgIpc) is 2.88. The van der Waals surface area contributed by atoms with E-state index in [1.54, 1.807) is 49.4 Å². The number of hydrogen-bond acceptors (Lipinski definition) is 10. The van der Waals surface area contributed by atoms with E-state index < -0.39 is 12.0 Å². The summed E-state index contributed by atoms with van der Waals surface area (Å²) in [5.74, 6) is -1.31. The summed E-state index contributed by atoms with van der Waals surface area (Å²) >= 11 is 0. The van der Waals surface area contributed by atoms with E-state index in [-0.39, 0.29) is 35.1 Å². The lowest BCUT2D eigenvalue weighted by atomic mass is 9.88. The van der Waals surface area contributed by atoms with Crippen LogP contribution in [-0.4, -0.2) is 35.3 Å². The number of nitrogens with zero attached hydrogens (tertiary/aromatic N) is 4. The van der Waals surface area contributed by atoms with E-state index in [1.165, 1.54) is 19.2 Å². The largest absolute Gasteiger partial charge is 0.494 e. The highest BCUT2D eigenvalue weighted by Gasteiger charge is 2.28. The summed E-state index contributed by atoms with van der Waals surface area (Å²) in [5.41, 5.74) is 9.34. The number of rotatable bonds is 8. The molecule has 11 heteroatoms. The highest BCUT2D eigenvalue weighted by Crippen LogP contribution is 2.37. The molecule has 0 heterocycles. The number of anilines is 1. The predicted octanol–water partition coefficient (Wildman–Crippen LogP) is 6.13. The zero-order valence-electron chi connectivity index (χ0n) is 20.0. The maximum atomic E-state index is 13.0. The average molecular weight is 501 g/mol. The number of ketones is 1. The lowest BCUT2D eigenvalue weighted by Crippen LogP contribution is -2.24. The van der Waals surface area contributed by atoms with E-state index in [1.807, 2.05) is 6.08 Å². The fourth-order valence-electron chi connectivity index (χ4n) is 3.75. The van der Waals surface area contributed by atoms with Crippen molar-refractivity contribution in [3.05, 3.63) is 82.4 Å². The number of Topliss-reactive ketones (excluding diaryl/α,β-unsaturated/α-hetero) is 1. The van der Waals surface area contributed by atoms with Crippen LogP contribution < -0.4 is 10.5 Å². The first kappa shape index (κ1) is 25.4. The molecule has 1 aliphatic rings. The number of benzene rings is 3. The summed E-state index contributed by atoms with van der Waals surface area (Å²) in [4.78, 5) is 29.1. The molecule has 3 aromatic rings. The highest BCUT2D eigenvalue weighted by molar-refractivity contribution is 6.08. The molecule has 0 saturated heterocycles. The highest BCUT2D eigenvalue weighted by atomic mass is 17.1. The Hall–Kier alpha value is -4.74. The van der Waals surface area contributed by atoms with Gasteiger partial charge in [-0.05, 0) is 54.0 Å². The second-order valence-electron chi connectivity index (χ2n) is 8.20. The summed E-state index contributed by atoms with van der Waals surface area (Å²) in [5, 5.41) is 34.8. The number of nitrogen functional groups attached to an aromatic ring is 1. The molecule has 0 aliphatic heterocycles. The van der Waals surface area contributed by atoms with Gasteiger partial charge in [-0.3, -0.25) is 10.1 Å². The molecule has 4 rings (SSSR count). The summed E-state index contributed by atoms with van der Waals surface area (Å²) in [6, 6.07) is 13.5. The molecule has 0 bridgehead atoms. The van der Waals surface area contributed by atoms with E-state index >= 15 is 0 Å². The number of carboxylic acids is 1. The van der Waals surface area contributed by atoms with E-state index in [0.29, 0.717) is 22.5 Å². The van der Waals surface area contributed by atoms with Crippen molar-refractivity contribution in [1.82, 2.24) is 0 Å². The number of ether oxygens (including phenoxy) is 1. The van der Waals surface area contributed by atoms with Crippen molar-refractivity contribution >= 4 is 40.6 Å². The van der Waals surface area contributed by atoms with Crippen molar-refractivity contribution in [1.29, 1.82) is 0 Å². The van der Waals surface area contributed by atoms with Gasteiger partial charge < -0.3 is 15.6 Å². The number of azo groups is 2. The molecule has 3 aromatic carbocycles. The SMILES string of the molecule is COc1cc(N=Nc2ccc(COO)cc2)c(C(=O)O)cc1N=NC1C(=O)c2cc(N)ccc2C=C1C. The Morgan fingerprint density at radius 3 is 2.46 bits per heavy atom. The molecule has 0 fully saturated rings. The normalized spacial score (nSPS) is 15.2. The van der Waals surface area contributed by atoms with Crippen molar-refractivity contribution < 1.29 is 29.6 Å². The Morgan fingerprint density at radius 1 is 1.03 bits per heavy atom. The van der Waals surface area contributed by atoms with Gasteiger partial charge in [0.15, 0.2) is 11.8 Å². The van der Waals surface area contributed by atoms with Crippen molar-refractivity contribution in [2.45, 2.75) is 19.6 Å². The number of fused-ring (bicyclic) bond motifs is 1. The van der Waals surface area contributed by atoms with Crippen molar-refractivity contribution in [3.63, 3.8) is 0 Å². The van der Waals surface area contributed by atoms with Crippen LogP contribution in [0.4, 0.5) is 22.7 Å². The minimum Gasteiger partial charge on any atom is -0.494 e. The van der Waals surface area contributed by atoms with Crippen molar-refractivity contribution in [2.75, 3.05) is 12.8 Å². The number of carbonyl (C=O) groups excluding carboxylic acids is 1. The van der Waals surface area contributed by atoms with Gasteiger partial charge in [0.25, 0.3) is 0 Å². The predicted molar refractivity (Wildman–Crippen MR) is 135 cm³/mol. The number of carboxylic acid groups (broad SMARTS) is 1. The maximum Gasteiger partial charge on any atom is 0.338 e. The van der Waals surface area contributed by atoms with Crippen LogP contribution in [0.25, 0.3) is 6.08 Å². The van der Waals surface area contributed by atoms with Crippen LogP contribution in [-0.2, 0) is 11.5 Å². The van der Waals surface area contributed by atoms with Crippen LogP contribution >= 0.6 is 0 Å². The minimum atomic E-state index is -1.25. The number of aromatic carboxylic acids is 1. The zero-order chi connectivity index (χ0) is 26.5. The smallest absolute Gasteiger partial charge is 0.338 e. The first-order valence-corrected chi connectivity index (χ1v) is 11.1. The Balaban J connectivity index is 1.65. The van der Waals surface area contributed by atoms with Gasteiger partial charge >= 0.3 is 5.97 Å². The Morgan fingerprint density at radius 2 is 1.78 bits per heavy atom. The Bertz CT molecular complexity index is 1450. The van der Waals surface area contributed by atoms with Crippen LogP contribution in [0.1, 0.15) is 38.8 Å². The summed E-state index contributed by atoms with van der Waals surface area (Å²) < 4.78 is 5.38. The molecule has 0 aromatic heterocycles. The number of hydrogen-bond donors (Lipinski definition) is 3. The third-order valence-electron chi connectivity index (χ3n) is 5.65. The van der Waals surface area contributed by atoms with Crippen LogP contribution in [0, 0.1) is 0 Å². The topological polar surface area (TPSA) is 169 Å². The van der Waals surface area contributed by atoms with E-state index in [9.17, 15) is 14.7 Å². The second kappa shape index (κ2) is 10.9. The van der Waals surface area contributed by atoms with Crippen molar-refractivity contribution in [2.24, 2.45) is 20.5 Å². The quantitative estimate of drug-likeness (QED) is 0.144. The van der Waals surface area contributed by atoms with Crippen LogP contribution in [0.2, 0.25) is 0 Å². The molecule has 0 radical (unpaired) electrons. The molecule has 1 atom stereocenters. The van der Waals surface area contributed by atoms with Gasteiger partial charge in [0, 0.05) is 17.3 Å². The molecule has 0 spiro atoms. The van der Waals surface area contributed by atoms with Gasteiger partial charge in [0.1, 0.15) is 23.7 Å². The summed E-state index contributed by atoms with van der Waals surface area (Å²) in [6.45, 7) is 1.80. The number of nitrogens with two attached hydrogens (primary N) is 1. The number of methoxy groups -OCH3 is 1. The first-order chi connectivity index (χ1) is 17.8. The van der Waals surface area contributed by atoms with Gasteiger partial charge in [-0.2, -0.15) is 15.3 Å². The van der Waals surface area contributed by atoms with E-state index in [0.717, 1.165) is 11.1 Å². The molecular weight excluding hydrogens is 478 g/mol. The van der Waals surface area contributed by atoms with E-state index in [4.69, 9.17) is 15.7 Å². The maximum absolute atomic E-state index is 13.0. The van der Waals surface area contributed by atoms with Gasteiger partial charge in [-0.15, -0.1) is 5.11 Å². The van der Waals surface area contributed by atoms with Crippen LogP contribution in [0.15, 0.2) is 80.6 Å². The lowest BCUT2D eigenvalue weighted by molar-refractivity contribution is -0.253. The Kier molecular flexibility index (Phi) is 7.47. The zero-order valence-corrected chi connectivity index (χ0v) is 20.0. The first-order valence-electron chi connectivity index (χ1n) is 11.1. The standard InChI is InChI=1S/C26H23N5O6/c1-14-9-16-5-6-17(27)10-19(16)25(32)24(14)31-30-22-11-20(26(33)34)21(12-23(22)36-2)29-28-18-7-3-15(4-8-18)13-37-35/h3-12,24,35H,13,27H2,1-2H3,(H,33,34). The third kappa shape index (κ3) is 5.58. The van der Waals surface area contributed by atoms with Gasteiger partial charge in [0.05, 0.1) is 18.4 Å². The molecule has 37 heavy (non-hydrogen) atoms. The molecule has 1 aliphatic carbocycles. The van der Waals surface area contributed by atoms with Gasteiger partial charge in [-0.25, -0.2) is 9.68 Å². The molecule has 4 N–H and O–H groups in total. The Labute approximate surface area is 211 Å². The summed E-state index contributed by atoms with van der Waals surface area (Å²) in [7, 11) is 1.40. The van der Waals surface area contributed by atoms with Crippen LogP contribution in [0.5, 0.6) is 5.75 Å². The summed E-state index contributed by atoms with van der Waals surface area (Å²) in [6.07, 6.45) is 1.84. The molecule has 11 nitrogen and oxygen atoms in total. The fraction of sp³-hybridized carbons (Fsp3) is 0.154. The minimum absolute atomic E-state index is 0.0239. The molecule has 188 valence electrons. The lowest BCUT2D eigenvalue weighted by Gasteiger charge is -2.19. The monoisotopic (exact) mass is 501 g/mol. The molecule has 1 unspecified atom stereocenters. The molecule has 0 saturated carbocycles. The fourth-order valence-corrected chi connectivity index (χ4v) is 3.75. The molecular formula is C26H23N5O6.